The first kappa shape index (κ1) is 15.6. The lowest BCUT2D eigenvalue weighted by atomic mass is 10.0. The smallest absolute Gasteiger partial charge is 0.426 e. The summed E-state index contributed by atoms with van der Waals surface area (Å²) in [5, 5.41) is 0. The molecule has 0 aliphatic carbocycles. The predicted molar refractivity (Wildman–Crippen MR) is 52.1 cm³/mol. The van der Waals surface area contributed by atoms with E-state index in [9.17, 15) is 30.7 Å². The van der Waals surface area contributed by atoms with Crippen LogP contribution < -0.4 is 4.74 Å². The Kier molecular flexibility index (Phi) is 4.32. The van der Waals surface area contributed by atoms with Crippen molar-refractivity contribution < 1.29 is 35.5 Å². The summed E-state index contributed by atoms with van der Waals surface area (Å²) in [6, 6.07) is 3.96. The SMILES string of the molecule is CC(C(Oc1ccccc1F)C(F)(F)F)C(F)(F)F. The van der Waals surface area contributed by atoms with Gasteiger partial charge in [0.2, 0.25) is 6.10 Å². The summed E-state index contributed by atoms with van der Waals surface area (Å²) in [6.07, 6.45) is -13.5. The molecule has 2 unspecified atom stereocenters. The Morgan fingerprint density at radius 1 is 0.947 bits per heavy atom. The highest BCUT2D eigenvalue weighted by molar-refractivity contribution is 5.24. The van der Waals surface area contributed by atoms with Crippen LogP contribution in [0.2, 0.25) is 0 Å². The summed E-state index contributed by atoms with van der Waals surface area (Å²) in [5.41, 5.74) is 0. The lowest BCUT2D eigenvalue weighted by Gasteiger charge is -2.28. The number of para-hydroxylation sites is 1. The Hall–Kier alpha value is -1.47. The Balaban J connectivity index is 3.04. The second-order valence-electron chi connectivity index (χ2n) is 3.84. The van der Waals surface area contributed by atoms with Crippen molar-refractivity contribution in [3.63, 3.8) is 0 Å². The summed E-state index contributed by atoms with van der Waals surface area (Å²) in [4.78, 5) is 0. The maximum atomic E-state index is 13.1. The molecule has 19 heavy (non-hydrogen) atoms. The molecule has 0 aliphatic heterocycles. The van der Waals surface area contributed by atoms with Gasteiger partial charge in [0.15, 0.2) is 11.6 Å². The third kappa shape index (κ3) is 4.00. The molecule has 1 nitrogen and oxygen atoms in total. The molecule has 2 atom stereocenters. The van der Waals surface area contributed by atoms with Gasteiger partial charge in [0.25, 0.3) is 0 Å². The number of alkyl halides is 6. The van der Waals surface area contributed by atoms with E-state index >= 15 is 0 Å². The first-order valence-corrected chi connectivity index (χ1v) is 5.08. The molecule has 0 bridgehead atoms. The van der Waals surface area contributed by atoms with Crippen LogP contribution in [-0.4, -0.2) is 18.5 Å². The van der Waals surface area contributed by atoms with Crippen LogP contribution in [0.1, 0.15) is 6.92 Å². The molecule has 8 heteroatoms. The topological polar surface area (TPSA) is 9.23 Å². The Labute approximate surface area is 104 Å². The lowest BCUT2D eigenvalue weighted by Crippen LogP contribution is -2.46. The molecule has 0 N–H and O–H groups in total. The monoisotopic (exact) mass is 290 g/mol. The zero-order chi connectivity index (χ0) is 14.8. The van der Waals surface area contributed by atoms with Crippen molar-refractivity contribution >= 4 is 0 Å². The second kappa shape index (κ2) is 5.26. The Bertz CT molecular complexity index is 424. The molecule has 0 fully saturated rings. The van der Waals surface area contributed by atoms with Crippen LogP contribution in [0.3, 0.4) is 0 Å². The number of rotatable bonds is 3. The van der Waals surface area contributed by atoms with Gasteiger partial charge in [-0.1, -0.05) is 12.1 Å². The molecule has 0 amide bonds. The van der Waals surface area contributed by atoms with Gasteiger partial charge in [-0.25, -0.2) is 4.39 Å². The first-order valence-electron chi connectivity index (χ1n) is 5.08. The van der Waals surface area contributed by atoms with Gasteiger partial charge in [0, 0.05) is 0 Å². The van der Waals surface area contributed by atoms with Crippen molar-refractivity contribution in [2.45, 2.75) is 25.4 Å². The minimum atomic E-state index is -5.27. The van der Waals surface area contributed by atoms with Gasteiger partial charge in [0.05, 0.1) is 5.92 Å². The number of halogens is 7. The maximum Gasteiger partial charge on any atom is 0.426 e. The first-order chi connectivity index (χ1) is 8.53. The van der Waals surface area contributed by atoms with Crippen LogP contribution in [0.15, 0.2) is 24.3 Å². The minimum Gasteiger partial charge on any atom is -0.477 e. The standard InChI is InChI=1S/C11H9F7O/c1-6(10(13,14)15)9(11(16,17)18)19-8-5-3-2-4-7(8)12/h2-6,9H,1H3. The van der Waals surface area contributed by atoms with Gasteiger partial charge >= 0.3 is 12.4 Å². The molecule has 1 aromatic rings. The van der Waals surface area contributed by atoms with Crippen molar-refractivity contribution in [1.29, 1.82) is 0 Å². The predicted octanol–water partition coefficient (Wildman–Crippen LogP) is 4.33. The molecule has 0 aliphatic rings. The fourth-order valence-corrected chi connectivity index (χ4v) is 1.30. The summed E-state index contributed by atoms with van der Waals surface area (Å²) < 4.78 is 92.1. The number of hydrogen-bond donors (Lipinski definition) is 0. The van der Waals surface area contributed by atoms with Gasteiger partial charge in [-0.3, -0.25) is 0 Å². The average Bonchev–Trinajstić information content (AvgIpc) is 2.24. The van der Waals surface area contributed by atoms with E-state index in [1.54, 1.807) is 0 Å². The molecule has 0 aromatic heterocycles. The van der Waals surface area contributed by atoms with E-state index in [4.69, 9.17) is 0 Å². The normalized spacial score (nSPS) is 16.0. The van der Waals surface area contributed by atoms with Crippen LogP contribution in [-0.2, 0) is 0 Å². The number of benzene rings is 1. The molecule has 0 spiro atoms. The molecule has 0 heterocycles. The zero-order valence-corrected chi connectivity index (χ0v) is 9.52. The van der Waals surface area contributed by atoms with E-state index in [2.05, 4.69) is 4.74 Å². The highest BCUT2D eigenvalue weighted by Gasteiger charge is 2.54. The van der Waals surface area contributed by atoms with E-state index in [0.717, 1.165) is 18.2 Å². The fraction of sp³-hybridized carbons (Fsp3) is 0.455. The molecule has 0 saturated heterocycles. The Morgan fingerprint density at radius 2 is 1.47 bits per heavy atom. The van der Waals surface area contributed by atoms with Crippen LogP contribution in [0.4, 0.5) is 30.7 Å². The van der Waals surface area contributed by atoms with Crippen LogP contribution in [0, 0.1) is 11.7 Å². The summed E-state index contributed by atoms with van der Waals surface area (Å²) in [7, 11) is 0. The quantitative estimate of drug-likeness (QED) is 0.753. The molecule has 0 saturated carbocycles. The maximum absolute atomic E-state index is 13.1. The van der Waals surface area contributed by atoms with E-state index < -0.39 is 35.9 Å². The van der Waals surface area contributed by atoms with Gasteiger partial charge < -0.3 is 4.74 Å². The molecular formula is C11H9F7O. The highest BCUT2D eigenvalue weighted by Crippen LogP contribution is 2.38. The molecule has 108 valence electrons. The van der Waals surface area contributed by atoms with Crippen LogP contribution in [0.5, 0.6) is 5.75 Å². The fourth-order valence-electron chi connectivity index (χ4n) is 1.30. The molecule has 0 radical (unpaired) electrons. The van der Waals surface area contributed by atoms with Gasteiger partial charge in [-0.2, -0.15) is 26.3 Å². The largest absolute Gasteiger partial charge is 0.477 e. The van der Waals surface area contributed by atoms with Gasteiger partial charge in [-0.15, -0.1) is 0 Å². The van der Waals surface area contributed by atoms with E-state index in [1.165, 1.54) is 6.07 Å². The molecular weight excluding hydrogens is 281 g/mol. The van der Waals surface area contributed by atoms with Crippen LogP contribution >= 0.6 is 0 Å². The van der Waals surface area contributed by atoms with E-state index in [0.29, 0.717) is 6.92 Å². The average molecular weight is 290 g/mol. The van der Waals surface area contributed by atoms with E-state index in [1.807, 2.05) is 0 Å². The highest BCUT2D eigenvalue weighted by atomic mass is 19.4. The van der Waals surface area contributed by atoms with Crippen molar-refractivity contribution in [2.75, 3.05) is 0 Å². The van der Waals surface area contributed by atoms with Crippen molar-refractivity contribution in [3.8, 4) is 5.75 Å². The summed E-state index contributed by atoms with van der Waals surface area (Å²) in [5.74, 6) is -4.85. The van der Waals surface area contributed by atoms with E-state index in [-0.39, 0.29) is 0 Å². The van der Waals surface area contributed by atoms with Gasteiger partial charge in [0.1, 0.15) is 0 Å². The van der Waals surface area contributed by atoms with Crippen molar-refractivity contribution in [2.24, 2.45) is 5.92 Å². The van der Waals surface area contributed by atoms with Gasteiger partial charge in [-0.05, 0) is 19.1 Å². The number of ether oxygens (including phenoxy) is 1. The number of hydrogen-bond acceptors (Lipinski definition) is 1. The second-order valence-corrected chi connectivity index (χ2v) is 3.84. The van der Waals surface area contributed by atoms with Crippen molar-refractivity contribution in [3.05, 3.63) is 30.1 Å². The molecule has 1 rings (SSSR count). The summed E-state index contributed by atoms with van der Waals surface area (Å²) in [6.45, 7) is 0.332. The third-order valence-corrected chi connectivity index (χ3v) is 2.38. The van der Waals surface area contributed by atoms with Crippen LogP contribution in [0.25, 0.3) is 0 Å². The third-order valence-electron chi connectivity index (χ3n) is 2.38. The summed E-state index contributed by atoms with van der Waals surface area (Å²) >= 11 is 0. The molecule has 1 aromatic carbocycles. The van der Waals surface area contributed by atoms with Crippen molar-refractivity contribution in [1.82, 2.24) is 0 Å². The zero-order valence-electron chi connectivity index (χ0n) is 9.52. The lowest BCUT2D eigenvalue weighted by molar-refractivity contribution is -0.263. The Morgan fingerprint density at radius 3 is 1.89 bits per heavy atom. The minimum absolute atomic E-state index is 0.332.